The molecule has 0 saturated heterocycles. The second kappa shape index (κ2) is 9.05. The topological polar surface area (TPSA) is 111 Å². The summed E-state index contributed by atoms with van der Waals surface area (Å²) in [4.78, 5) is 39.1. The molecule has 1 heterocycles. The minimum absolute atomic E-state index is 0.0296. The van der Waals surface area contributed by atoms with Gasteiger partial charge in [0.1, 0.15) is 11.3 Å². The third-order valence-corrected chi connectivity index (χ3v) is 4.22. The molecule has 144 valence electrons. The van der Waals surface area contributed by atoms with Crippen LogP contribution in [0.3, 0.4) is 0 Å². The summed E-state index contributed by atoms with van der Waals surface area (Å²) in [6.45, 7) is 0.973. The molecule has 0 aliphatic heterocycles. The van der Waals surface area contributed by atoms with E-state index in [1.807, 2.05) is 18.2 Å². The maximum absolute atomic E-state index is 11.9. The number of amides is 2. The van der Waals surface area contributed by atoms with Gasteiger partial charge in [-0.05, 0) is 30.3 Å². The fourth-order valence-electron chi connectivity index (χ4n) is 2.30. The predicted molar refractivity (Wildman–Crippen MR) is 105 cm³/mol. The van der Waals surface area contributed by atoms with Crippen molar-refractivity contribution >= 4 is 52.0 Å². The van der Waals surface area contributed by atoms with Crippen LogP contribution in [-0.2, 0) is 19.1 Å². The van der Waals surface area contributed by atoms with Gasteiger partial charge in [0.2, 0.25) is 5.91 Å². The first-order chi connectivity index (χ1) is 13.5. The molecule has 0 aliphatic rings. The van der Waals surface area contributed by atoms with Gasteiger partial charge in [-0.15, -0.1) is 0 Å². The van der Waals surface area contributed by atoms with Gasteiger partial charge < -0.3 is 19.8 Å². The fraction of sp³-hybridized carbons (Fsp3) is 0.158. The molecule has 2 aromatic carbocycles. The third kappa shape index (κ3) is 5.58. The van der Waals surface area contributed by atoms with Crippen LogP contribution in [0.15, 0.2) is 58.2 Å². The van der Waals surface area contributed by atoms with E-state index in [-0.39, 0.29) is 11.7 Å². The molecule has 0 unspecified atom stereocenters. The number of anilines is 2. The molecule has 3 rings (SSSR count). The Morgan fingerprint density at radius 1 is 1.07 bits per heavy atom. The number of para-hydroxylation sites is 2. The quantitative estimate of drug-likeness (QED) is 0.464. The largest absolute Gasteiger partial charge is 0.455 e. The number of carbonyl (C=O) groups is 3. The molecule has 0 aliphatic carbocycles. The van der Waals surface area contributed by atoms with Gasteiger partial charge in [-0.2, -0.15) is 0 Å². The van der Waals surface area contributed by atoms with Crippen molar-refractivity contribution in [1.82, 2.24) is 4.98 Å². The highest BCUT2D eigenvalue weighted by molar-refractivity contribution is 7.99. The first-order valence-electron chi connectivity index (χ1n) is 8.31. The molecule has 3 aromatic rings. The number of esters is 1. The SMILES string of the molecule is CC(=O)Nc1cccc(NC(=O)COC(=O)CSc2nc3ccccc3o2)c1. The van der Waals surface area contributed by atoms with Crippen molar-refractivity contribution in [2.45, 2.75) is 12.1 Å². The molecule has 0 atom stereocenters. The highest BCUT2D eigenvalue weighted by atomic mass is 32.2. The van der Waals surface area contributed by atoms with E-state index in [1.54, 1.807) is 30.3 Å². The lowest BCUT2D eigenvalue weighted by molar-refractivity contribution is -0.144. The molecule has 0 spiro atoms. The van der Waals surface area contributed by atoms with Crippen LogP contribution in [0.2, 0.25) is 0 Å². The molecule has 8 nitrogen and oxygen atoms in total. The molecular formula is C19H17N3O5S. The van der Waals surface area contributed by atoms with E-state index in [2.05, 4.69) is 15.6 Å². The zero-order chi connectivity index (χ0) is 19.9. The Morgan fingerprint density at radius 2 is 1.82 bits per heavy atom. The van der Waals surface area contributed by atoms with E-state index >= 15 is 0 Å². The average molecular weight is 399 g/mol. The second-order valence-electron chi connectivity index (χ2n) is 5.71. The van der Waals surface area contributed by atoms with Crippen LogP contribution in [0.1, 0.15) is 6.92 Å². The minimum Gasteiger partial charge on any atom is -0.455 e. The number of hydrogen-bond acceptors (Lipinski definition) is 7. The van der Waals surface area contributed by atoms with Crippen LogP contribution in [0.4, 0.5) is 11.4 Å². The van der Waals surface area contributed by atoms with E-state index in [1.165, 1.54) is 6.92 Å². The molecule has 0 radical (unpaired) electrons. The van der Waals surface area contributed by atoms with E-state index < -0.39 is 18.5 Å². The number of fused-ring (bicyclic) bond motifs is 1. The van der Waals surface area contributed by atoms with Crippen molar-refractivity contribution in [2.24, 2.45) is 0 Å². The summed E-state index contributed by atoms with van der Waals surface area (Å²) in [6.07, 6.45) is 0. The van der Waals surface area contributed by atoms with Gasteiger partial charge in [-0.25, -0.2) is 4.98 Å². The van der Waals surface area contributed by atoms with E-state index in [0.29, 0.717) is 27.7 Å². The Morgan fingerprint density at radius 3 is 2.57 bits per heavy atom. The van der Waals surface area contributed by atoms with Crippen molar-refractivity contribution in [3.8, 4) is 0 Å². The first kappa shape index (κ1) is 19.4. The number of benzene rings is 2. The monoisotopic (exact) mass is 399 g/mol. The molecule has 2 N–H and O–H groups in total. The maximum atomic E-state index is 11.9. The number of thioether (sulfide) groups is 1. The van der Waals surface area contributed by atoms with Crippen LogP contribution >= 0.6 is 11.8 Å². The molecule has 0 saturated carbocycles. The van der Waals surface area contributed by atoms with Gasteiger partial charge >= 0.3 is 5.97 Å². The summed E-state index contributed by atoms with van der Waals surface area (Å²) < 4.78 is 10.5. The summed E-state index contributed by atoms with van der Waals surface area (Å²) in [5, 5.41) is 5.57. The number of nitrogens with one attached hydrogen (secondary N) is 2. The van der Waals surface area contributed by atoms with Crippen molar-refractivity contribution in [3.05, 3.63) is 48.5 Å². The number of oxazole rings is 1. The molecule has 0 fully saturated rings. The smallest absolute Gasteiger partial charge is 0.316 e. The van der Waals surface area contributed by atoms with Crippen LogP contribution in [0.25, 0.3) is 11.1 Å². The molecule has 1 aromatic heterocycles. The molecule has 9 heteroatoms. The van der Waals surface area contributed by atoms with Crippen LogP contribution in [0.5, 0.6) is 0 Å². The average Bonchev–Trinajstić information content (AvgIpc) is 3.07. The summed E-state index contributed by atoms with van der Waals surface area (Å²) in [5.41, 5.74) is 2.38. The number of carbonyl (C=O) groups excluding carboxylic acids is 3. The van der Waals surface area contributed by atoms with Crippen LogP contribution in [-0.4, -0.2) is 35.1 Å². The summed E-state index contributed by atoms with van der Waals surface area (Å²) in [6, 6.07) is 13.9. The van der Waals surface area contributed by atoms with Gasteiger partial charge in [0, 0.05) is 18.3 Å². The van der Waals surface area contributed by atoms with Crippen molar-refractivity contribution < 1.29 is 23.5 Å². The van der Waals surface area contributed by atoms with E-state index in [9.17, 15) is 14.4 Å². The lowest BCUT2D eigenvalue weighted by Gasteiger charge is -2.08. The highest BCUT2D eigenvalue weighted by Gasteiger charge is 2.12. The van der Waals surface area contributed by atoms with Gasteiger partial charge in [0.05, 0.1) is 0 Å². The van der Waals surface area contributed by atoms with Crippen molar-refractivity contribution in [1.29, 1.82) is 0 Å². The Labute approximate surface area is 164 Å². The molecule has 28 heavy (non-hydrogen) atoms. The summed E-state index contributed by atoms with van der Waals surface area (Å²) >= 11 is 1.09. The van der Waals surface area contributed by atoms with Crippen molar-refractivity contribution in [3.63, 3.8) is 0 Å². The number of nitrogens with zero attached hydrogens (tertiary/aromatic N) is 1. The van der Waals surface area contributed by atoms with Crippen molar-refractivity contribution in [2.75, 3.05) is 23.0 Å². The van der Waals surface area contributed by atoms with Gasteiger partial charge in [-0.3, -0.25) is 14.4 Å². The van der Waals surface area contributed by atoms with E-state index in [4.69, 9.17) is 9.15 Å². The summed E-state index contributed by atoms with van der Waals surface area (Å²) in [7, 11) is 0. The Kier molecular flexibility index (Phi) is 6.28. The van der Waals surface area contributed by atoms with Crippen LogP contribution in [0, 0.1) is 0 Å². The molecule has 0 bridgehead atoms. The third-order valence-electron chi connectivity index (χ3n) is 3.42. The Hall–Kier alpha value is -3.33. The predicted octanol–water partition coefficient (Wildman–Crippen LogP) is 3.06. The summed E-state index contributed by atoms with van der Waals surface area (Å²) in [5.74, 6) is -1.29. The maximum Gasteiger partial charge on any atom is 0.316 e. The second-order valence-corrected chi connectivity index (χ2v) is 6.63. The normalized spacial score (nSPS) is 10.5. The van der Waals surface area contributed by atoms with Gasteiger partial charge in [-0.1, -0.05) is 30.0 Å². The van der Waals surface area contributed by atoms with Gasteiger partial charge in [0.15, 0.2) is 12.2 Å². The molecule has 2 amide bonds. The zero-order valence-corrected chi connectivity index (χ0v) is 15.7. The standard InChI is InChI=1S/C19H17N3O5S/c1-12(23)20-13-5-4-6-14(9-13)21-17(24)10-26-18(25)11-28-19-22-15-7-2-3-8-16(15)27-19/h2-9H,10-11H2,1H3,(H,20,23)(H,21,24). The number of hydrogen-bond donors (Lipinski definition) is 2. The zero-order valence-electron chi connectivity index (χ0n) is 14.9. The molecular weight excluding hydrogens is 382 g/mol. The Balaban J connectivity index is 1.43. The van der Waals surface area contributed by atoms with E-state index in [0.717, 1.165) is 11.8 Å². The fourth-order valence-corrected chi connectivity index (χ4v) is 2.93. The van der Waals surface area contributed by atoms with Gasteiger partial charge in [0.25, 0.3) is 11.1 Å². The number of rotatable bonds is 7. The van der Waals surface area contributed by atoms with Crippen LogP contribution < -0.4 is 10.6 Å². The Bertz CT molecular complexity index is 984. The number of ether oxygens (including phenoxy) is 1. The first-order valence-corrected chi connectivity index (χ1v) is 9.29. The lowest BCUT2D eigenvalue weighted by Crippen LogP contribution is -2.21. The minimum atomic E-state index is -0.561. The lowest BCUT2D eigenvalue weighted by atomic mass is 10.2. The number of aromatic nitrogens is 1. The highest BCUT2D eigenvalue weighted by Crippen LogP contribution is 2.23.